The van der Waals surface area contributed by atoms with E-state index < -0.39 is 0 Å². The number of anilines is 1. The maximum absolute atomic E-state index is 9.20. The molecule has 84 valence electrons. The predicted molar refractivity (Wildman–Crippen MR) is 59.6 cm³/mol. The lowest BCUT2D eigenvalue weighted by molar-refractivity contribution is 0.137. The largest absolute Gasteiger partial charge is 0.392 e. The molecule has 1 rings (SSSR count). The Hall–Kier alpha value is -1.20. The fourth-order valence-corrected chi connectivity index (χ4v) is 1.36. The summed E-state index contributed by atoms with van der Waals surface area (Å²) in [5, 5.41) is 12.1. The number of aliphatic hydroxyl groups excluding tert-OH is 1. The molecule has 1 aromatic rings. The number of aliphatic hydroxyl groups is 1. The van der Waals surface area contributed by atoms with Crippen molar-refractivity contribution in [3.63, 3.8) is 0 Å². The molecule has 0 saturated carbocycles. The predicted octanol–water partition coefficient (Wildman–Crippen LogP) is 0.331. The maximum atomic E-state index is 9.20. The van der Waals surface area contributed by atoms with E-state index in [-0.39, 0.29) is 6.10 Å². The summed E-state index contributed by atoms with van der Waals surface area (Å²) in [4.78, 5) is 10.4. The minimum atomic E-state index is -0.320. The van der Waals surface area contributed by atoms with Crippen LogP contribution >= 0.6 is 0 Å². The first-order chi connectivity index (χ1) is 7.11. The van der Waals surface area contributed by atoms with Crippen LogP contribution in [0.2, 0.25) is 0 Å². The molecule has 1 atom stereocenters. The highest BCUT2D eigenvalue weighted by Crippen LogP contribution is 2.02. The van der Waals surface area contributed by atoms with E-state index in [2.05, 4.69) is 15.3 Å². The topological polar surface area (TPSA) is 61.3 Å². The second-order valence-corrected chi connectivity index (χ2v) is 3.69. The van der Waals surface area contributed by atoms with E-state index in [0.717, 1.165) is 11.5 Å². The molecule has 0 aliphatic carbocycles. The average molecular weight is 210 g/mol. The van der Waals surface area contributed by atoms with Gasteiger partial charge in [-0.1, -0.05) is 0 Å². The van der Waals surface area contributed by atoms with Crippen LogP contribution < -0.4 is 5.32 Å². The molecular formula is C10H18N4O. The fraction of sp³-hybridized carbons (Fsp3) is 0.600. The molecule has 0 radical (unpaired) electrons. The minimum absolute atomic E-state index is 0.320. The van der Waals surface area contributed by atoms with Crippen LogP contribution in [0.15, 0.2) is 12.4 Å². The first-order valence-electron chi connectivity index (χ1n) is 4.97. The third-order valence-corrected chi connectivity index (χ3v) is 1.97. The Morgan fingerprint density at radius 2 is 2.20 bits per heavy atom. The van der Waals surface area contributed by atoms with Gasteiger partial charge in [-0.3, -0.25) is 9.88 Å². The second kappa shape index (κ2) is 5.63. The van der Waals surface area contributed by atoms with Crippen molar-refractivity contribution in [2.45, 2.75) is 19.6 Å². The third-order valence-electron chi connectivity index (χ3n) is 1.97. The summed E-state index contributed by atoms with van der Waals surface area (Å²) in [6.07, 6.45) is 3.12. The molecule has 0 aliphatic rings. The van der Waals surface area contributed by atoms with Gasteiger partial charge < -0.3 is 10.4 Å². The van der Waals surface area contributed by atoms with Crippen LogP contribution in [0, 0.1) is 0 Å². The number of nitrogens with zero attached hydrogens (tertiary/aromatic N) is 3. The summed E-state index contributed by atoms with van der Waals surface area (Å²) < 4.78 is 0. The number of aromatic nitrogens is 2. The van der Waals surface area contributed by atoms with Crippen molar-refractivity contribution in [3.8, 4) is 0 Å². The molecule has 5 heteroatoms. The average Bonchev–Trinajstić information content (AvgIpc) is 2.17. The van der Waals surface area contributed by atoms with Crippen LogP contribution in [0.1, 0.15) is 12.6 Å². The Morgan fingerprint density at radius 3 is 2.67 bits per heavy atom. The van der Waals surface area contributed by atoms with Gasteiger partial charge in [0.05, 0.1) is 24.2 Å². The van der Waals surface area contributed by atoms with Crippen molar-refractivity contribution in [2.75, 3.05) is 26.0 Å². The van der Waals surface area contributed by atoms with E-state index >= 15 is 0 Å². The van der Waals surface area contributed by atoms with E-state index in [9.17, 15) is 5.11 Å². The highest BCUT2D eigenvalue weighted by molar-refractivity contribution is 5.29. The monoisotopic (exact) mass is 210 g/mol. The molecule has 0 bridgehead atoms. The zero-order chi connectivity index (χ0) is 11.3. The van der Waals surface area contributed by atoms with Crippen LogP contribution in [0.3, 0.4) is 0 Å². The Balaban J connectivity index is 2.49. The summed E-state index contributed by atoms with van der Waals surface area (Å²) in [5.41, 5.74) is 0.900. The Labute approximate surface area is 90.2 Å². The summed E-state index contributed by atoms with van der Waals surface area (Å²) in [6.45, 7) is 3.10. The van der Waals surface area contributed by atoms with Crippen LogP contribution in [-0.4, -0.2) is 46.7 Å². The van der Waals surface area contributed by atoms with Crippen LogP contribution in [0.5, 0.6) is 0 Å². The summed E-state index contributed by atoms with van der Waals surface area (Å²) in [6, 6.07) is 0. The standard InChI is InChI=1S/C10H18N4O/c1-8(15)6-14(3)7-9-4-13-10(11-2)5-12-9/h4-5,8,15H,6-7H2,1-3H3,(H,11,13). The van der Waals surface area contributed by atoms with Crippen molar-refractivity contribution >= 4 is 5.82 Å². The number of likely N-dealkylation sites (N-methyl/N-ethyl adjacent to an activating group) is 1. The molecule has 0 spiro atoms. The smallest absolute Gasteiger partial charge is 0.144 e. The third kappa shape index (κ3) is 4.22. The van der Waals surface area contributed by atoms with Gasteiger partial charge in [0.1, 0.15) is 5.82 Å². The molecule has 15 heavy (non-hydrogen) atoms. The fourth-order valence-electron chi connectivity index (χ4n) is 1.36. The SMILES string of the molecule is CNc1cnc(CN(C)CC(C)O)cn1. The van der Waals surface area contributed by atoms with Crippen LogP contribution in [0.4, 0.5) is 5.82 Å². The number of rotatable bonds is 5. The number of nitrogens with one attached hydrogen (secondary N) is 1. The Morgan fingerprint density at radius 1 is 1.47 bits per heavy atom. The molecule has 0 aliphatic heterocycles. The zero-order valence-electron chi connectivity index (χ0n) is 9.44. The maximum Gasteiger partial charge on any atom is 0.144 e. The molecule has 1 heterocycles. The van der Waals surface area contributed by atoms with Crippen molar-refractivity contribution in [1.29, 1.82) is 0 Å². The van der Waals surface area contributed by atoms with Gasteiger partial charge in [0.25, 0.3) is 0 Å². The minimum Gasteiger partial charge on any atom is -0.392 e. The van der Waals surface area contributed by atoms with E-state index in [0.29, 0.717) is 13.1 Å². The van der Waals surface area contributed by atoms with Crippen LogP contribution in [0.25, 0.3) is 0 Å². The first kappa shape index (κ1) is 11.9. The molecule has 0 fully saturated rings. The quantitative estimate of drug-likeness (QED) is 0.733. The van der Waals surface area contributed by atoms with Crippen molar-refractivity contribution in [3.05, 3.63) is 18.1 Å². The molecule has 1 aromatic heterocycles. The number of hydrogen-bond acceptors (Lipinski definition) is 5. The van der Waals surface area contributed by atoms with E-state index in [1.54, 1.807) is 19.3 Å². The summed E-state index contributed by atoms with van der Waals surface area (Å²) in [5.74, 6) is 0.761. The molecule has 0 saturated heterocycles. The van der Waals surface area contributed by atoms with E-state index in [1.807, 2.05) is 19.0 Å². The van der Waals surface area contributed by atoms with Gasteiger partial charge in [-0.2, -0.15) is 0 Å². The zero-order valence-corrected chi connectivity index (χ0v) is 9.44. The van der Waals surface area contributed by atoms with Gasteiger partial charge in [0.15, 0.2) is 0 Å². The second-order valence-electron chi connectivity index (χ2n) is 3.69. The van der Waals surface area contributed by atoms with Gasteiger partial charge in [0.2, 0.25) is 0 Å². The molecule has 2 N–H and O–H groups in total. The van der Waals surface area contributed by atoms with Gasteiger partial charge in [0, 0.05) is 20.1 Å². The van der Waals surface area contributed by atoms with Gasteiger partial charge in [-0.15, -0.1) is 0 Å². The van der Waals surface area contributed by atoms with Gasteiger partial charge >= 0.3 is 0 Å². The van der Waals surface area contributed by atoms with Crippen molar-refractivity contribution in [1.82, 2.24) is 14.9 Å². The van der Waals surface area contributed by atoms with E-state index in [4.69, 9.17) is 0 Å². The van der Waals surface area contributed by atoms with Gasteiger partial charge in [-0.25, -0.2) is 4.98 Å². The lowest BCUT2D eigenvalue weighted by Gasteiger charge is -2.17. The Kier molecular flexibility index (Phi) is 4.45. The molecular weight excluding hydrogens is 192 g/mol. The lowest BCUT2D eigenvalue weighted by atomic mass is 10.3. The highest BCUT2D eigenvalue weighted by Gasteiger charge is 2.04. The highest BCUT2D eigenvalue weighted by atomic mass is 16.3. The summed E-state index contributed by atoms with van der Waals surface area (Å²) >= 11 is 0. The number of hydrogen-bond donors (Lipinski definition) is 2. The Bertz CT molecular complexity index is 286. The van der Waals surface area contributed by atoms with Crippen LogP contribution in [-0.2, 0) is 6.54 Å². The normalized spacial score (nSPS) is 12.9. The van der Waals surface area contributed by atoms with Crippen molar-refractivity contribution in [2.24, 2.45) is 0 Å². The van der Waals surface area contributed by atoms with Gasteiger partial charge in [-0.05, 0) is 14.0 Å². The van der Waals surface area contributed by atoms with Crippen molar-refractivity contribution < 1.29 is 5.11 Å². The summed E-state index contributed by atoms with van der Waals surface area (Å²) in [7, 11) is 3.75. The molecule has 1 unspecified atom stereocenters. The van der Waals surface area contributed by atoms with E-state index in [1.165, 1.54) is 0 Å². The molecule has 5 nitrogen and oxygen atoms in total. The first-order valence-corrected chi connectivity index (χ1v) is 4.97. The lowest BCUT2D eigenvalue weighted by Crippen LogP contribution is -2.27. The molecule has 0 amide bonds. The molecule has 0 aromatic carbocycles.